The number of ether oxygens (including phenoxy) is 1. The second-order valence-corrected chi connectivity index (χ2v) is 20.3. The Morgan fingerprint density at radius 3 is 1.72 bits per heavy atom. The molecule has 78 heavy (non-hydrogen) atoms. The van der Waals surface area contributed by atoms with E-state index in [-0.39, 0.29) is 11.3 Å². The normalized spacial score (nSPS) is 13.1. The molecule has 0 unspecified atom stereocenters. The fraction of sp³-hybridized carbons (Fsp3) is 0.0909. The Morgan fingerprint density at radius 2 is 1.10 bits per heavy atom. The third-order valence-corrected chi connectivity index (χ3v) is 14.2. The molecule has 13 rings (SSSR count). The Labute approximate surface area is 448 Å². The zero-order valence-electron chi connectivity index (χ0n) is 42.8. The van der Waals surface area contributed by atoms with Crippen molar-refractivity contribution in [3.63, 3.8) is 0 Å². The van der Waals surface area contributed by atoms with Crippen LogP contribution in [0.2, 0.25) is 0 Å². The van der Waals surface area contributed by atoms with Gasteiger partial charge >= 0.3 is 5.97 Å². The van der Waals surface area contributed by atoms with Gasteiger partial charge < -0.3 is 30.0 Å². The van der Waals surface area contributed by atoms with Crippen molar-refractivity contribution in [2.24, 2.45) is 0 Å². The number of nitrogens with zero attached hydrogens (tertiary/aromatic N) is 4. The Hall–Kier alpha value is -10.4. The number of carbonyl (C=O) groups excluding carboxylic acids is 2. The van der Waals surface area contributed by atoms with Gasteiger partial charge in [0, 0.05) is 96.2 Å². The van der Waals surface area contributed by atoms with Crippen LogP contribution in [0.15, 0.2) is 158 Å². The lowest BCUT2D eigenvalue weighted by atomic mass is 9.87. The van der Waals surface area contributed by atoms with E-state index in [0.717, 1.165) is 124 Å². The number of rotatable bonds is 6. The van der Waals surface area contributed by atoms with Gasteiger partial charge in [0.25, 0.3) is 5.91 Å². The van der Waals surface area contributed by atoms with Crippen LogP contribution in [0, 0.1) is 11.8 Å². The molecule has 0 aliphatic carbocycles. The minimum atomic E-state index is -0.407. The molecule has 9 aromatic rings. The predicted octanol–water partition coefficient (Wildman–Crippen LogP) is 13.4. The fourth-order valence-electron chi connectivity index (χ4n) is 10.2. The van der Waals surface area contributed by atoms with Crippen LogP contribution in [0.3, 0.4) is 0 Å². The van der Waals surface area contributed by atoms with E-state index in [4.69, 9.17) is 24.7 Å². The molecule has 1 amide bonds. The van der Waals surface area contributed by atoms with Crippen LogP contribution in [0.4, 0.5) is 0 Å². The number of nitrogens with one attached hydrogen (secondary N) is 5. The van der Waals surface area contributed by atoms with E-state index in [1.165, 1.54) is 7.11 Å². The number of fused-ring (bicyclic) bond motifs is 16. The van der Waals surface area contributed by atoms with Gasteiger partial charge in [-0.1, -0.05) is 62.1 Å². The van der Waals surface area contributed by atoms with Gasteiger partial charge in [-0.3, -0.25) is 9.78 Å². The van der Waals surface area contributed by atoms with E-state index >= 15 is 0 Å². The highest BCUT2D eigenvalue weighted by molar-refractivity contribution is 6.00. The SMILES string of the molecule is COC(=O)c1ccc(-c2c3nc(cc4nc(cc5ccc(cc6ccc2[nH]6)[nH]5)C(C)(C)C4)C(C#Cc2ccc(CNC(=O)c4ccc(-c5c6nc(cc7ccc(cc8ccc(cc9nc5C=C9)[nH]8)[nH]7)C=C6)cc4)cc2)=C3)cc1. The summed E-state index contributed by atoms with van der Waals surface area (Å²) >= 11 is 0. The maximum Gasteiger partial charge on any atom is 0.337 e. The maximum atomic E-state index is 13.6. The standard InChI is InChI=1S/C66H49N9O3/c1-66(2)37-55-35-59-45(30-60(75-59)63(42-12-16-44(17-13-42)65(77)78-3)58-29-26-53(73-58)34-50-22-23-54(70-50)36-61(66)74-55)9-8-39-4-6-40(7-5-39)38-67-64(76)43-14-10-41(11-15-43)62-56-27-24-51(71-56)32-48-20-18-46(68-48)31-47-19-21-49(69-47)33-52-25-28-57(62)72-52/h4-7,10-36,68-70,73H,37-38H2,1-3H3,(H,67,76). The van der Waals surface area contributed by atoms with Crippen molar-refractivity contribution in [3.05, 3.63) is 226 Å². The summed E-state index contributed by atoms with van der Waals surface area (Å²) in [5.41, 5.74) is 20.8. The summed E-state index contributed by atoms with van der Waals surface area (Å²) in [4.78, 5) is 60.6. The van der Waals surface area contributed by atoms with E-state index < -0.39 is 5.97 Å². The Kier molecular flexibility index (Phi) is 11.8. The van der Waals surface area contributed by atoms with Crippen LogP contribution in [0.25, 0.3) is 102 Å². The molecule has 0 radical (unpaired) electrons. The van der Waals surface area contributed by atoms with Gasteiger partial charge in [-0.15, -0.1) is 0 Å². The van der Waals surface area contributed by atoms with Crippen LogP contribution < -0.4 is 5.32 Å². The molecule has 0 saturated heterocycles. The lowest BCUT2D eigenvalue weighted by Crippen LogP contribution is -2.22. The number of carbonyl (C=O) groups is 2. The molecule has 4 aliphatic heterocycles. The molecule has 5 N–H and O–H groups in total. The highest BCUT2D eigenvalue weighted by atomic mass is 16.5. The van der Waals surface area contributed by atoms with E-state index in [0.29, 0.717) is 29.1 Å². The van der Waals surface area contributed by atoms with Crippen LogP contribution >= 0.6 is 0 Å². The first-order valence-electron chi connectivity index (χ1n) is 25.7. The molecule has 12 nitrogen and oxygen atoms in total. The number of H-pyrrole nitrogens is 4. The van der Waals surface area contributed by atoms with Crippen molar-refractivity contribution in [1.82, 2.24) is 45.2 Å². The van der Waals surface area contributed by atoms with Crippen LogP contribution in [0.1, 0.15) is 91.2 Å². The zero-order valence-corrected chi connectivity index (χ0v) is 42.8. The molecule has 0 atom stereocenters. The maximum absolute atomic E-state index is 13.6. The molecule has 4 aliphatic rings. The zero-order chi connectivity index (χ0) is 52.9. The second-order valence-electron chi connectivity index (χ2n) is 20.3. The molecule has 0 fully saturated rings. The van der Waals surface area contributed by atoms with Crippen LogP contribution in [-0.2, 0) is 23.1 Å². The lowest BCUT2D eigenvalue weighted by molar-refractivity contribution is 0.0600. The van der Waals surface area contributed by atoms with Gasteiger partial charge in [0.15, 0.2) is 0 Å². The molecule has 376 valence electrons. The summed E-state index contributed by atoms with van der Waals surface area (Å²) in [5.74, 6) is 6.24. The number of benzene rings is 3. The van der Waals surface area contributed by atoms with Crippen LogP contribution in [0.5, 0.6) is 0 Å². The Morgan fingerprint density at radius 1 is 0.551 bits per heavy atom. The first-order chi connectivity index (χ1) is 38.0. The molecule has 0 spiro atoms. The fourth-order valence-corrected chi connectivity index (χ4v) is 10.2. The van der Waals surface area contributed by atoms with Crippen LogP contribution in [-0.4, -0.2) is 58.9 Å². The van der Waals surface area contributed by atoms with Gasteiger partial charge in [0.2, 0.25) is 0 Å². The summed E-state index contributed by atoms with van der Waals surface area (Å²) in [5, 5.41) is 3.10. The number of aromatic amines is 4. The molecule has 16 bridgehead atoms. The summed E-state index contributed by atoms with van der Waals surface area (Å²) in [6, 6.07) is 51.6. The van der Waals surface area contributed by atoms with Gasteiger partial charge in [-0.05, 0) is 168 Å². The van der Waals surface area contributed by atoms with Gasteiger partial charge in [0.05, 0.1) is 52.4 Å². The number of amides is 1. The number of aromatic nitrogens is 8. The van der Waals surface area contributed by atoms with E-state index in [9.17, 15) is 9.59 Å². The van der Waals surface area contributed by atoms with Gasteiger partial charge in [-0.25, -0.2) is 19.7 Å². The molecule has 3 aromatic carbocycles. The first kappa shape index (κ1) is 47.3. The number of allylic oxidation sites excluding steroid dienone is 1. The van der Waals surface area contributed by atoms with Crippen molar-refractivity contribution in [2.45, 2.75) is 32.2 Å². The average molecular weight is 1020 g/mol. The first-order valence-corrected chi connectivity index (χ1v) is 25.7. The number of esters is 1. The predicted molar refractivity (Wildman–Crippen MR) is 311 cm³/mol. The molecule has 10 heterocycles. The van der Waals surface area contributed by atoms with Gasteiger partial charge in [0.1, 0.15) is 0 Å². The van der Waals surface area contributed by atoms with Crippen molar-refractivity contribution in [1.29, 1.82) is 0 Å². The van der Waals surface area contributed by atoms with Crippen molar-refractivity contribution >= 4 is 92.0 Å². The quantitative estimate of drug-likeness (QED) is 0.0815. The third kappa shape index (κ3) is 9.64. The second kappa shape index (κ2) is 19.4. The number of hydrogen-bond acceptors (Lipinski definition) is 7. The minimum Gasteiger partial charge on any atom is -0.465 e. The molecular formula is C66H49N9O3. The van der Waals surface area contributed by atoms with Gasteiger partial charge in [-0.2, -0.15) is 0 Å². The summed E-state index contributed by atoms with van der Waals surface area (Å²) in [6.07, 6.45) is 10.8. The lowest BCUT2D eigenvalue weighted by Gasteiger charge is -2.15. The molecule has 12 heteroatoms. The largest absolute Gasteiger partial charge is 0.465 e. The Bertz CT molecular complexity index is 4370. The Balaban J connectivity index is 0.780. The third-order valence-electron chi connectivity index (χ3n) is 14.2. The summed E-state index contributed by atoms with van der Waals surface area (Å²) in [7, 11) is 1.38. The van der Waals surface area contributed by atoms with E-state index in [1.54, 1.807) is 12.1 Å². The van der Waals surface area contributed by atoms with E-state index in [2.05, 4.69) is 81.3 Å². The average Bonchev–Trinajstić information content (AvgIpc) is 4.38. The van der Waals surface area contributed by atoms with Crippen molar-refractivity contribution in [2.75, 3.05) is 7.11 Å². The summed E-state index contributed by atoms with van der Waals surface area (Å²) in [6.45, 7) is 4.74. The molecule has 0 saturated carbocycles. The number of hydrogen-bond donors (Lipinski definition) is 5. The molecular weight excluding hydrogens is 967 g/mol. The smallest absolute Gasteiger partial charge is 0.337 e. The molecule has 6 aromatic heterocycles. The highest BCUT2D eigenvalue weighted by Crippen LogP contribution is 2.36. The topological polar surface area (TPSA) is 170 Å². The van der Waals surface area contributed by atoms with Crippen molar-refractivity contribution in [3.8, 4) is 34.1 Å². The summed E-state index contributed by atoms with van der Waals surface area (Å²) < 4.78 is 5.00. The monoisotopic (exact) mass is 1020 g/mol. The minimum absolute atomic E-state index is 0.190. The number of methoxy groups -OCH3 is 1. The highest BCUT2D eigenvalue weighted by Gasteiger charge is 2.29. The van der Waals surface area contributed by atoms with Crippen molar-refractivity contribution < 1.29 is 14.3 Å². The van der Waals surface area contributed by atoms with E-state index in [1.807, 2.05) is 146 Å².